The van der Waals surface area contributed by atoms with Crippen LogP contribution in [-0.4, -0.2) is 28.2 Å². The normalized spacial score (nSPS) is 28.0. The van der Waals surface area contributed by atoms with Crippen molar-refractivity contribution in [1.29, 1.82) is 0 Å². The Morgan fingerprint density at radius 2 is 1.91 bits per heavy atom. The lowest BCUT2D eigenvalue weighted by atomic mass is 9.80. The molecular formula is C20H30O3. The van der Waals surface area contributed by atoms with Gasteiger partial charge in [0.15, 0.2) is 5.78 Å². The maximum atomic E-state index is 11.9. The van der Waals surface area contributed by atoms with Crippen molar-refractivity contribution in [3.63, 3.8) is 0 Å². The number of rotatable bonds is 6. The van der Waals surface area contributed by atoms with E-state index in [2.05, 4.69) is 39.0 Å². The van der Waals surface area contributed by atoms with Gasteiger partial charge < -0.3 is 10.2 Å². The summed E-state index contributed by atoms with van der Waals surface area (Å²) in [5.74, 6) is 0.111. The molecule has 3 heteroatoms. The molecule has 1 rings (SSSR count). The van der Waals surface area contributed by atoms with Crippen LogP contribution in [0, 0.1) is 17.8 Å². The molecule has 0 aromatic heterocycles. The van der Waals surface area contributed by atoms with Crippen molar-refractivity contribution >= 4 is 5.78 Å². The Balaban J connectivity index is 2.71. The van der Waals surface area contributed by atoms with E-state index in [0.717, 1.165) is 12.0 Å². The highest BCUT2D eigenvalue weighted by molar-refractivity contribution is 5.99. The average molecular weight is 318 g/mol. The number of allylic oxidation sites excluding steroid dienone is 5. The zero-order chi connectivity index (χ0) is 17.6. The molecule has 0 spiro atoms. The predicted octanol–water partition coefficient (Wildman–Crippen LogP) is 3.59. The highest BCUT2D eigenvalue weighted by Crippen LogP contribution is 2.28. The third-order valence-electron chi connectivity index (χ3n) is 4.13. The second-order valence-electron chi connectivity index (χ2n) is 6.89. The van der Waals surface area contributed by atoms with Crippen LogP contribution in [0.1, 0.15) is 41.0 Å². The smallest absolute Gasteiger partial charge is 0.187 e. The molecule has 1 aliphatic rings. The first-order chi connectivity index (χ1) is 10.7. The summed E-state index contributed by atoms with van der Waals surface area (Å²) in [6.45, 7) is 9.94. The largest absolute Gasteiger partial charge is 0.388 e. The van der Waals surface area contributed by atoms with E-state index in [1.165, 1.54) is 6.08 Å². The van der Waals surface area contributed by atoms with Crippen molar-refractivity contribution in [1.82, 2.24) is 0 Å². The van der Waals surface area contributed by atoms with E-state index in [9.17, 15) is 15.0 Å². The third kappa shape index (κ3) is 5.92. The van der Waals surface area contributed by atoms with E-state index in [4.69, 9.17) is 0 Å². The Kier molecular flexibility index (Phi) is 7.66. The Hall–Kier alpha value is -1.45. The summed E-state index contributed by atoms with van der Waals surface area (Å²) in [4.78, 5) is 11.9. The summed E-state index contributed by atoms with van der Waals surface area (Å²) in [5.41, 5.74) is 1.23. The van der Waals surface area contributed by atoms with E-state index in [1.807, 2.05) is 19.1 Å². The van der Waals surface area contributed by atoms with Gasteiger partial charge in [-0.1, -0.05) is 56.7 Å². The van der Waals surface area contributed by atoms with Crippen molar-refractivity contribution in [3.05, 3.63) is 47.6 Å². The average Bonchev–Trinajstić information content (AvgIpc) is 2.44. The Morgan fingerprint density at radius 1 is 1.26 bits per heavy atom. The van der Waals surface area contributed by atoms with Crippen molar-refractivity contribution < 1.29 is 15.0 Å². The topological polar surface area (TPSA) is 57.5 Å². The van der Waals surface area contributed by atoms with E-state index < -0.39 is 18.1 Å². The van der Waals surface area contributed by atoms with Crippen LogP contribution in [0.5, 0.6) is 0 Å². The lowest BCUT2D eigenvalue weighted by molar-refractivity contribution is -0.128. The zero-order valence-corrected chi connectivity index (χ0v) is 14.9. The third-order valence-corrected chi connectivity index (χ3v) is 4.13. The van der Waals surface area contributed by atoms with Gasteiger partial charge in [0, 0.05) is 5.92 Å². The van der Waals surface area contributed by atoms with Gasteiger partial charge in [0.25, 0.3) is 0 Å². The van der Waals surface area contributed by atoms with E-state index in [1.54, 1.807) is 6.92 Å². The van der Waals surface area contributed by atoms with Gasteiger partial charge in [-0.15, -0.1) is 0 Å². The SMILES string of the molecule is CC1=C[C@H](O)[C@H](/C(C)=C/C=C/[C@H](C)/C=C/CC(C)C)[C@@H](O)C1=O. The maximum Gasteiger partial charge on any atom is 0.187 e. The number of aliphatic hydroxyl groups excluding tert-OH is 2. The molecule has 1 aliphatic carbocycles. The summed E-state index contributed by atoms with van der Waals surface area (Å²) in [6, 6.07) is 0. The summed E-state index contributed by atoms with van der Waals surface area (Å²) < 4.78 is 0. The van der Waals surface area contributed by atoms with Crippen LogP contribution >= 0.6 is 0 Å². The molecule has 0 amide bonds. The molecule has 0 aliphatic heterocycles. The number of hydrogen-bond acceptors (Lipinski definition) is 3. The van der Waals surface area contributed by atoms with E-state index in [0.29, 0.717) is 17.4 Å². The van der Waals surface area contributed by atoms with Gasteiger partial charge in [-0.3, -0.25) is 4.79 Å². The van der Waals surface area contributed by atoms with Crippen LogP contribution in [0.4, 0.5) is 0 Å². The Bertz CT molecular complexity index is 523. The molecule has 0 unspecified atom stereocenters. The highest BCUT2D eigenvalue weighted by Gasteiger charge is 2.36. The van der Waals surface area contributed by atoms with Gasteiger partial charge in [-0.25, -0.2) is 0 Å². The fourth-order valence-corrected chi connectivity index (χ4v) is 2.67. The van der Waals surface area contributed by atoms with E-state index in [-0.39, 0.29) is 5.78 Å². The fraction of sp³-hybridized carbons (Fsp3) is 0.550. The second-order valence-corrected chi connectivity index (χ2v) is 6.89. The highest BCUT2D eigenvalue weighted by atomic mass is 16.3. The van der Waals surface area contributed by atoms with Crippen LogP contribution in [0.3, 0.4) is 0 Å². The number of carbonyl (C=O) groups is 1. The molecule has 3 nitrogen and oxygen atoms in total. The van der Waals surface area contributed by atoms with Crippen molar-refractivity contribution in [2.75, 3.05) is 0 Å². The number of ketones is 1. The summed E-state index contributed by atoms with van der Waals surface area (Å²) >= 11 is 0. The van der Waals surface area contributed by atoms with Crippen molar-refractivity contribution in [2.24, 2.45) is 17.8 Å². The first kappa shape index (κ1) is 19.6. The number of hydrogen-bond donors (Lipinski definition) is 2. The van der Waals surface area contributed by atoms with Crippen LogP contribution in [-0.2, 0) is 4.79 Å². The van der Waals surface area contributed by atoms with Gasteiger partial charge in [0.2, 0.25) is 0 Å². The summed E-state index contributed by atoms with van der Waals surface area (Å²) in [7, 11) is 0. The molecule has 0 saturated carbocycles. The van der Waals surface area contributed by atoms with Crippen molar-refractivity contribution in [2.45, 2.75) is 53.2 Å². The minimum Gasteiger partial charge on any atom is -0.388 e. The molecule has 0 fully saturated rings. The molecule has 23 heavy (non-hydrogen) atoms. The minimum atomic E-state index is -1.16. The number of carbonyl (C=O) groups excluding carboxylic acids is 1. The monoisotopic (exact) mass is 318 g/mol. The Morgan fingerprint density at radius 3 is 2.52 bits per heavy atom. The molecule has 0 aromatic rings. The summed E-state index contributed by atoms with van der Waals surface area (Å²) in [6.07, 6.45) is 10.8. The summed E-state index contributed by atoms with van der Waals surface area (Å²) in [5, 5.41) is 20.2. The fourth-order valence-electron chi connectivity index (χ4n) is 2.67. The second kappa shape index (κ2) is 8.99. The van der Waals surface area contributed by atoms with Crippen LogP contribution in [0.15, 0.2) is 47.6 Å². The van der Waals surface area contributed by atoms with Gasteiger partial charge in [-0.05, 0) is 43.8 Å². The lowest BCUT2D eigenvalue weighted by Crippen LogP contribution is -2.41. The van der Waals surface area contributed by atoms with Gasteiger partial charge >= 0.3 is 0 Å². The van der Waals surface area contributed by atoms with E-state index >= 15 is 0 Å². The molecule has 0 heterocycles. The van der Waals surface area contributed by atoms with Crippen LogP contribution < -0.4 is 0 Å². The van der Waals surface area contributed by atoms with Gasteiger partial charge in [0.1, 0.15) is 6.10 Å². The molecule has 0 bridgehead atoms. The molecule has 0 radical (unpaired) electrons. The number of aliphatic hydroxyl groups is 2. The van der Waals surface area contributed by atoms with Crippen LogP contribution in [0.2, 0.25) is 0 Å². The predicted molar refractivity (Wildman–Crippen MR) is 94.9 cm³/mol. The number of Topliss-reactive ketones (excluding diaryl/α,β-unsaturated/α-hetero) is 1. The zero-order valence-electron chi connectivity index (χ0n) is 14.9. The first-order valence-corrected chi connectivity index (χ1v) is 8.34. The Labute approximate surface area is 140 Å². The quantitative estimate of drug-likeness (QED) is 0.581. The first-order valence-electron chi connectivity index (χ1n) is 8.34. The van der Waals surface area contributed by atoms with Crippen LogP contribution in [0.25, 0.3) is 0 Å². The van der Waals surface area contributed by atoms with Gasteiger partial charge in [-0.2, -0.15) is 0 Å². The minimum absolute atomic E-state index is 0.304. The molecule has 4 atom stereocenters. The van der Waals surface area contributed by atoms with Crippen molar-refractivity contribution in [3.8, 4) is 0 Å². The molecule has 2 N–H and O–H groups in total. The van der Waals surface area contributed by atoms with Gasteiger partial charge in [0.05, 0.1) is 6.10 Å². The molecule has 128 valence electrons. The standard InChI is InChI=1S/C20H30O3/c1-13(2)8-6-9-14(3)10-7-11-15(4)18-17(21)12-16(5)19(22)20(18)23/h6-7,9-14,17-18,20-21,23H,8H2,1-5H3/b9-6+,10-7+,15-11+/t14-,17+,18+,20-/m1/s1. The molecule has 0 saturated heterocycles. The maximum absolute atomic E-state index is 11.9. The molecule has 0 aromatic carbocycles. The lowest BCUT2D eigenvalue weighted by Gasteiger charge is -2.30. The molecular weight excluding hydrogens is 288 g/mol.